The van der Waals surface area contributed by atoms with E-state index in [4.69, 9.17) is 4.74 Å². The van der Waals surface area contributed by atoms with Crippen molar-refractivity contribution in [2.45, 2.75) is 64.4 Å². The summed E-state index contributed by atoms with van der Waals surface area (Å²) < 4.78 is 5.53. The Bertz CT molecular complexity index is 386. The molecule has 0 bridgehead atoms. The minimum atomic E-state index is 0.0707. The average Bonchev–Trinajstić information content (AvgIpc) is 3.10. The third kappa shape index (κ3) is 5.48. The van der Waals surface area contributed by atoms with Gasteiger partial charge in [-0.1, -0.05) is 13.3 Å². The summed E-state index contributed by atoms with van der Waals surface area (Å²) in [6, 6.07) is 0. The van der Waals surface area contributed by atoms with Crippen molar-refractivity contribution in [3.8, 4) is 0 Å². The van der Waals surface area contributed by atoms with Crippen LogP contribution in [0.15, 0.2) is 0 Å². The molecule has 5 nitrogen and oxygen atoms in total. The maximum absolute atomic E-state index is 12.4. The van der Waals surface area contributed by atoms with E-state index in [1.165, 1.54) is 0 Å². The fraction of sp³-hybridized carbons (Fsp3) is 0.889. The Morgan fingerprint density at radius 2 is 1.83 bits per heavy atom. The predicted molar refractivity (Wildman–Crippen MR) is 90.0 cm³/mol. The molecule has 0 spiro atoms. The maximum Gasteiger partial charge on any atom is 0.225 e. The van der Waals surface area contributed by atoms with Crippen molar-refractivity contribution in [1.82, 2.24) is 10.2 Å². The van der Waals surface area contributed by atoms with Crippen LogP contribution in [0.5, 0.6) is 0 Å². The predicted octanol–water partition coefficient (Wildman–Crippen LogP) is 2.35. The summed E-state index contributed by atoms with van der Waals surface area (Å²) in [6.45, 7) is 4.44. The molecule has 0 radical (unpaired) electrons. The van der Waals surface area contributed by atoms with Crippen molar-refractivity contribution >= 4 is 11.8 Å². The van der Waals surface area contributed by atoms with E-state index in [0.29, 0.717) is 6.54 Å². The molecule has 1 aliphatic heterocycles. The molecule has 5 heteroatoms. The largest absolute Gasteiger partial charge is 0.376 e. The van der Waals surface area contributed by atoms with Crippen LogP contribution in [-0.2, 0) is 14.3 Å². The summed E-state index contributed by atoms with van der Waals surface area (Å²) in [5, 5.41) is 3.03. The highest BCUT2D eigenvalue weighted by atomic mass is 16.5. The molecule has 0 aromatic rings. The van der Waals surface area contributed by atoms with Gasteiger partial charge in [0.25, 0.3) is 0 Å². The summed E-state index contributed by atoms with van der Waals surface area (Å²) in [6.07, 6.45) is 7.85. The second-order valence-electron chi connectivity index (χ2n) is 7.04. The highest BCUT2D eigenvalue weighted by Crippen LogP contribution is 2.30. The first-order valence-corrected chi connectivity index (χ1v) is 9.26. The van der Waals surface area contributed by atoms with Gasteiger partial charge in [-0.3, -0.25) is 9.59 Å². The quantitative estimate of drug-likeness (QED) is 0.782. The molecule has 2 rings (SSSR count). The first-order chi connectivity index (χ1) is 11.1. The van der Waals surface area contributed by atoms with Crippen LogP contribution in [0.4, 0.5) is 0 Å². The second-order valence-corrected chi connectivity index (χ2v) is 7.04. The van der Waals surface area contributed by atoms with Crippen LogP contribution < -0.4 is 5.32 Å². The number of nitrogens with zero attached hydrogens (tertiary/aromatic N) is 1. The Labute approximate surface area is 140 Å². The summed E-state index contributed by atoms with van der Waals surface area (Å²) in [7, 11) is 1.90. The Hall–Kier alpha value is -1.10. The van der Waals surface area contributed by atoms with E-state index in [2.05, 4.69) is 12.2 Å². The lowest BCUT2D eigenvalue weighted by atomic mass is 9.81. The Balaban J connectivity index is 1.68. The van der Waals surface area contributed by atoms with E-state index in [0.717, 1.165) is 64.5 Å². The zero-order valence-electron chi connectivity index (χ0n) is 14.7. The van der Waals surface area contributed by atoms with Gasteiger partial charge in [-0.2, -0.15) is 0 Å². The molecule has 1 saturated carbocycles. The maximum atomic E-state index is 12.4. The molecule has 23 heavy (non-hydrogen) atoms. The molecule has 1 heterocycles. The van der Waals surface area contributed by atoms with Crippen LogP contribution in [0, 0.1) is 11.8 Å². The summed E-state index contributed by atoms with van der Waals surface area (Å²) >= 11 is 0. The first-order valence-electron chi connectivity index (χ1n) is 9.26. The summed E-state index contributed by atoms with van der Waals surface area (Å²) in [5.74, 6) is 0.586. The van der Waals surface area contributed by atoms with E-state index in [1.807, 2.05) is 11.9 Å². The van der Waals surface area contributed by atoms with Crippen molar-refractivity contribution in [2.75, 3.05) is 26.7 Å². The van der Waals surface area contributed by atoms with Gasteiger partial charge in [0.2, 0.25) is 11.8 Å². The van der Waals surface area contributed by atoms with Gasteiger partial charge in [0.1, 0.15) is 0 Å². The number of nitrogens with one attached hydrogen (secondary N) is 1. The van der Waals surface area contributed by atoms with Crippen LogP contribution >= 0.6 is 0 Å². The number of hydrogen-bond donors (Lipinski definition) is 1. The lowest BCUT2D eigenvalue weighted by molar-refractivity contribution is -0.137. The van der Waals surface area contributed by atoms with Crippen LogP contribution in [0.3, 0.4) is 0 Å². The third-order valence-electron chi connectivity index (χ3n) is 5.20. The Kier molecular flexibility index (Phi) is 7.34. The fourth-order valence-corrected chi connectivity index (χ4v) is 3.58. The van der Waals surface area contributed by atoms with Crippen molar-refractivity contribution in [2.24, 2.45) is 11.8 Å². The normalized spacial score (nSPS) is 27.7. The molecule has 132 valence electrons. The van der Waals surface area contributed by atoms with E-state index in [-0.39, 0.29) is 29.8 Å². The van der Waals surface area contributed by atoms with Crippen molar-refractivity contribution in [3.63, 3.8) is 0 Å². The molecule has 1 aliphatic carbocycles. The van der Waals surface area contributed by atoms with Gasteiger partial charge < -0.3 is 15.0 Å². The molecule has 1 saturated heterocycles. The van der Waals surface area contributed by atoms with Crippen LogP contribution in [0.25, 0.3) is 0 Å². The number of unbranched alkanes of at least 4 members (excludes halogenated alkanes) is 1. The molecular weight excluding hydrogens is 292 g/mol. The number of ether oxygens (including phenoxy) is 1. The van der Waals surface area contributed by atoms with E-state index in [9.17, 15) is 9.59 Å². The minimum absolute atomic E-state index is 0.0707. The average molecular weight is 324 g/mol. The van der Waals surface area contributed by atoms with E-state index < -0.39 is 0 Å². The zero-order valence-corrected chi connectivity index (χ0v) is 14.7. The van der Waals surface area contributed by atoms with Gasteiger partial charge in [0, 0.05) is 38.6 Å². The lowest BCUT2D eigenvalue weighted by Gasteiger charge is -2.30. The monoisotopic (exact) mass is 324 g/mol. The van der Waals surface area contributed by atoms with E-state index >= 15 is 0 Å². The molecule has 2 amide bonds. The Morgan fingerprint density at radius 1 is 1.13 bits per heavy atom. The van der Waals surface area contributed by atoms with Crippen molar-refractivity contribution in [1.29, 1.82) is 0 Å². The van der Waals surface area contributed by atoms with Gasteiger partial charge in [0.05, 0.1) is 6.10 Å². The number of hydrogen-bond acceptors (Lipinski definition) is 3. The highest BCUT2D eigenvalue weighted by Gasteiger charge is 2.31. The van der Waals surface area contributed by atoms with Gasteiger partial charge in [-0.25, -0.2) is 0 Å². The molecule has 0 aromatic carbocycles. The van der Waals surface area contributed by atoms with Gasteiger partial charge >= 0.3 is 0 Å². The van der Waals surface area contributed by atoms with E-state index in [1.54, 1.807) is 0 Å². The van der Waals surface area contributed by atoms with Crippen molar-refractivity contribution in [3.05, 3.63) is 0 Å². The molecule has 2 fully saturated rings. The molecule has 0 aromatic heterocycles. The molecule has 1 unspecified atom stereocenters. The molecular formula is C18H32N2O3. The van der Waals surface area contributed by atoms with Gasteiger partial charge in [-0.15, -0.1) is 0 Å². The highest BCUT2D eigenvalue weighted by molar-refractivity contribution is 5.81. The van der Waals surface area contributed by atoms with Crippen LogP contribution in [-0.4, -0.2) is 49.6 Å². The summed E-state index contributed by atoms with van der Waals surface area (Å²) in [5.41, 5.74) is 0. The fourth-order valence-electron chi connectivity index (χ4n) is 3.58. The van der Waals surface area contributed by atoms with Crippen LogP contribution in [0.1, 0.15) is 58.3 Å². The second kappa shape index (κ2) is 9.26. The number of rotatable bonds is 7. The van der Waals surface area contributed by atoms with Gasteiger partial charge in [0.15, 0.2) is 0 Å². The number of amides is 2. The standard InChI is InChI=1S/C18H32N2O3/c1-3-4-11-20(2)18(22)15-9-7-14(8-10-15)17(21)19-13-16-6-5-12-23-16/h14-16H,3-13H2,1-2H3,(H,19,21). The smallest absolute Gasteiger partial charge is 0.225 e. The topological polar surface area (TPSA) is 58.6 Å². The third-order valence-corrected chi connectivity index (χ3v) is 5.20. The SMILES string of the molecule is CCCCN(C)C(=O)C1CCC(C(=O)NCC2CCCO2)CC1. The molecule has 2 aliphatic rings. The number of carbonyl (C=O) groups excluding carboxylic acids is 2. The number of carbonyl (C=O) groups is 2. The zero-order chi connectivity index (χ0) is 16.7. The Morgan fingerprint density at radius 3 is 2.43 bits per heavy atom. The summed E-state index contributed by atoms with van der Waals surface area (Å²) in [4.78, 5) is 26.5. The van der Waals surface area contributed by atoms with Crippen molar-refractivity contribution < 1.29 is 14.3 Å². The van der Waals surface area contributed by atoms with Crippen LogP contribution in [0.2, 0.25) is 0 Å². The minimum Gasteiger partial charge on any atom is -0.376 e. The molecule has 1 N–H and O–H groups in total. The van der Waals surface area contributed by atoms with Gasteiger partial charge in [-0.05, 0) is 44.9 Å². The first kappa shape index (κ1) is 18.2. The molecule has 1 atom stereocenters. The lowest BCUT2D eigenvalue weighted by Crippen LogP contribution is -2.40.